The lowest BCUT2D eigenvalue weighted by Crippen LogP contribution is -2.43. The Morgan fingerprint density at radius 1 is 1.27 bits per heavy atom. The molecule has 0 spiro atoms. The molecule has 2 rings (SSSR count). The van der Waals surface area contributed by atoms with Crippen LogP contribution in [0.2, 0.25) is 0 Å². The molecule has 0 fully saturated rings. The summed E-state index contributed by atoms with van der Waals surface area (Å²) in [6.45, 7) is 8.34. The van der Waals surface area contributed by atoms with Gasteiger partial charge >= 0.3 is 6.18 Å². The molecule has 0 aliphatic heterocycles. The highest BCUT2D eigenvalue weighted by Crippen LogP contribution is 2.34. The molecule has 1 aromatic carbocycles. The number of halogens is 4. The van der Waals surface area contributed by atoms with Crippen molar-refractivity contribution >= 4 is 29.9 Å². The zero-order valence-corrected chi connectivity index (χ0v) is 20.1. The van der Waals surface area contributed by atoms with E-state index < -0.39 is 11.7 Å². The summed E-state index contributed by atoms with van der Waals surface area (Å²) in [5, 5.41) is 10.4. The summed E-state index contributed by atoms with van der Waals surface area (Å²) >= 11 is 0. The third-order valence-corrected chi connectivity index (χ3v) is 4.20. The molecule has 30 heavy (non-hydrogen) atoms. The number of aryl methyl sites for hydroxylation is 2. The van der Waals surface area contributed by atoms with Crippen LogP contribution in [0.25, 0.3) is 5.69 Å². The minimum absolute atomic E-state index is 0. The zero-order chi connectivity index (χ0) is 21.6. The SMILES string of the molecule is CCNC(=NCc1ccc(-n2nc(C)cc2C)cc1C(F)(F)F)NC(C)COC.I. The lowest BCUT2D eigenvalue weighted by Gasteiger charge is -2.18. The minimum Gasteiger partial charge on any atom is -0.383 e. The first-order chi connectivity index (χ1) is 13.7. The molecule has 1 unspecified atom stereocenters. The van der Waals surface area contributed by atoms with E-state index in [4.69, 9.17) is 4.74 Å². The average molecular weight is 539 g/mol. The van der Waals surface area contributed by atoms with E-state index in [0.29, 0.717) is 24.8 Å². The highest BCUT2D eigenvalue weighted by molar-refractivity contribution is 14.0. The largest absolute Gasteiger partial charge is 0.416 e. The maximum Gasteiger partial charge on any atom is 0.416 e. The van der Waals surface area contributed by atoms with Gasteiger partial charge in [0.2, 0.25) is 0 Å². The van der Waals surface area contributed by atoms with E-state index in [2.05, 4.69) is 20.7 Å². The number of nitrogens with zero attached hydrogens (tertiary/aromatic N) is 3. The second-order valence-electron chi connectivity index (χ2n) is 6.87. The van der Waals surface area contributed by atoms with Gasteiger partial charge in [-0.15, -0.1) is 24.0 Å². The Hall–Kier alpha value is -1.82. The number of benzene rings is 1. The molecule has 1 atom stereocenters. The van der Waals surface area contributed by atoms with Gasteiger partial charge in [-0.25, -0.2) is 9.67 Å². The summed E-state index contributed by atoms with van der Waals surface area (Å²) in [4.78, 5) is 4.32. The van der Waals surface area contributed by atoms with Crippen LogP contribution < -0.4 is 10.6 Å². The van der Waals surface area contributed by atoms with Crippen LogP contribution in [0, 0.1) is 13.8 Å². The van der Waals surface area contributed by atoms with Crippen LogP contribution in [-0.4, -0.2) is 42.0 Å². The lowest BCUT2D eigenvalue weighted by molar-refractivity contribution is -0.138. The molecule has 1 aromatic heterocycles. The van der Waals surface area contributed by atoms with Crippen LogP contribution in [0.1, 0.15) is 36.4 Å². The van der Waals surface area contributed by atoms with Gasteiger partial charge in [-0.1, -0.05) is 6.07 Å². The monoisotopic (exact) mass is 539 g/mol. The Bertz CT molecular complexity index is 851. The van der Waals surface area contributed by atoms with Crippen LogP contribution in [0.5, 0.6) is 0 Å². The molecule has 0 saturated carbocycles. The molecular weight excluding hydrogens is 510 g/mol. The number of guanidine groups is 1. The summed E-state index contributed by atoms with van der Waals surface area (Å²) in [6, 6.07) is 6.00. The van der Waals surface area contributed by atoms with Crippen molar-refractivity contribution in [3.8, 4) is 5.69 Å². The van der Waals surface area contributed by atoms with Crippen molar-refractivity contribution in [3.63, 3.8) is 0 Å². The van der Waals surface area contributed by atoms with Gasteiger partial charge in [0.05, 0.1) is 30.1 Å². The Morgan fingerprint density at radius 2 is 1.97 bits per heavy atom. The van der Waals surface area contributed by atoms with Gasteiger partial charge < -0.3 is 15.4 Å². The molecule has 2 N–H and O–H groups in total. The van der Waals surface area contributed by atoms with E-state index in [1.807, 2.05) is 19.9 Å². The van der Waals surface area contributed by atoms with Gasteiger partial charge in [0, 0.05) is 25.4 Å². The number of aromatic nitrogens is 2. The average Bonchev–Trinajstić information content (AvgIpc) is 2.97. The van der Waals surface area contributed by atoms with Crippen LogP contribution in [0.15, 0.2) is 29.3 Å². The molecule has 0 saturated heterocycles. The summed E-state index contributed by atoms with van der Waals surface area (Å²) in [7, 11) is 1.59. The number of methoxy groups -OCH3 is 1. The second kappa shape index (κ2) is 11.5. The molecule has 1 heterocycles. The Kier molecular flexibility index (Phi) is 10.1. The zero-order valence-electron chi connectivity index (χ0n) is 17.8. The fourth-order valence-electron chi connectivity index (χ4n) is 3.00. The molecule has 0 radical (unpaired) electrons. The molecule has 0 aliphatic carbocycles. The van der Waals surface area contributed by atoms with Crippen molar-refractivity contribution < 1.29 is 17.9 Å². The van der Waals surface area contributed by atoms with Crippen LogP contribution in [-0.2, 0) is 17.5 Å². The maximum absolute atomic E-state index is 13.7. The first kappa shape index (κ1) is 26.2. The topological polar surface area (TPSA) is 63.5 Å². The Balaban J connectivity index is 0.00000450. The number of alkyl halides is 3. The summed E-state index contributed by atoms with van der Waals surface area (Å²) in [6.07, 6.45) is -4.49. The fraction of sp³-hybridized carbons (Fsp3) is 0.500. The molecule has 0 amide bonds. The second-order valence-corrected chi connectivity index (χ2v) is 6.87. The first-order valence-electron chi connectivity index (χ1n) is 9.43. The highest BCUT2D eigenvalue weighted by Gasteiger charge is 2.33. The number of rotatable bonds is 7. The van der Waals surface area contributed by atoms with Crippen molar-refractivity contribution in [2.24, 2.45) is 4.99 Å². The van der Waals surface area contributed by atoms with Crippen molar-refractivity contribution in [2.45, 2.75) is 46.5 Å². The fourth-order valence-corrected chi connectivity index (χ4v) is 3.00. The standard InChI is InChI=1S/C20H28F3N5O.HI/c1-6-24-19(26-14(3)12-29-5)25-11-16-7-8-17(10-18(16)20(21,22)23)28-15(4)9-13(2)27-28;/h7-10,14H,6,11-12H2,1-5H3,(H2,24,25,26);1H. The first-order valence-corrected chi connectivity index (χ1v) is 9.43. The van der Waals surface area contributed by atoms with Gasteiger partial charge in [0.25, 0.3) is 0 Å². The van der Waals surface area contributed by atoms with E-state index >= 15 is 0 Å². The number of ether oxygens (including phenoxy) is 1. The van der Waals surface area contributed by atoms with Gasteiger partial charge in [0.1, 0.15) is 0 Å². The molecule has 168 valence electrons. The van der Waals surface area contributed by atoms with Crippen molar-refractivity contribution in [2.75, 3.05) is 20.3 Å². The third-order valence-electron chi connectivity index (χ3n) is 4.20. The quantitative estimate of drug-likeness (QED) is 0.315. The molecule has 0 aliphatic rings. The molecule has 10 heteroatoms. The maximum atomic E-state index is 13.7. The number of hydrogen-bond acceptors (Lipinski definition) is 3. The summed E-state index contributed by atoms with van der Waals surface area (Å²) in [5.41, 5.74) is 1.27. The van der Waals surface area contributed by atoms with E-state index in [0.717, 1.165) is 17.5 Å². The molecule has 2 aromatic rings. The van der Waals surface area contributed by atoms with Gasteiger partial charge in [-0.05, 0) is 51.5 Å². The van der Waals surface area contributed by atoms with Gasteiger partial charge in [-0.2, -0.15) is 18.3 Å². The van der Waals surface area contributed by atoms with Gasteiger partial charge in [0.15, 0.2) is 5.96 Å². The molecule has 6 nitrogen and oxygen atoms in total. The number of hydrogen-bond donors (Lipinski definition) is 2. The van der Waals surface area contributed by atoms with E-state index in [-0.39, 0.29) is 42.1 Å². The van der Waals surface area contributed by atoms with Crippen molar-refractivity contribution in [3.05, 3.63) is 46.8 Å². The van der Waals surface area contributed by atoms with E-state index in [1.54, 1.807) is 27.0 Å². The smallest absolute Gasteiger partial charge is 0.383 e. The normalized spacial score (nSPS) is 13.0. The Labute approximate surface area is 192 Å². The Morgan fingerprint density at radius 3 is 2.50 bits per heavy atom. The minimum atomic E-state index is -4.49. The van der Waals surface area contributed by atoms with Crippen LogP contribution >= 0.6 is 24.0 Å². The van der Waals surface area contributed by atoms with E-state index in [9.17, 15) is 13.2 Å². The lowest BCUT2D eigenvalue weighted by atomic mass is 10.1. The van der Waals surface area contributed by atoms with E-state index in [1.165, 1.54) is 10.7 Å². The molecule has 0 bridgehead atoms. The predicted molar refractivity (Wildman–Crippen MR) is 123 cm³/mol. The van der Waals surface area contributed by atoms with Gasteiger partial charge in [-0.3, -0.25) is 0 Å². The third kappa shape index (κ3) is 7.15. The summed E-state index contributed by atoms with van der Waals surface area (Å²) < 4.78 is 47.7. The van der Waals surface area contributed by atoms with Crippen LogP contribution in [0.3, 0.4) is 0 Å². The predicted octanol–water partition coefficient (Wildman–Crippen LogP) is 4.22. The number of aliphatic imine (C=N–C) groups is 1. The van der Waals surface area contributed by atoms with Crippen molar-refractivity contribution in [1.82, 2.24) is 20.4 Å². The van der Waals surface area contributed by atoms with Crippen molar-refractivity contribution in [1.29, 1.82) is 0 Å². The highest BCUT2D eigenvalue weighted by atomic mass is 127. The number of nitrogens with one attached hydrogen (secondary N) is 2. The summed E-state index contributed by atoms with van der Waals surface area (Å²) in [5.74, 6) is 0.438. The molecular formula is C20H29F3IN5O. The van der Waals surface area contributed by atoms with Crippen LogP contribution in [0.4, 0.5) is 13.2 Å².